The van der Waals surface area contributed by atoms with Gasteiger partial charge in [-0.3, -0.25) is 19.3 Å². The average Bonchev–Trinajstić information content (AvgIpc) is 3.31. The number of nitrogens with zero attached hydrogens (tertiary/aromatic N) is 4. The number of anilines is 1. The molecule has 3 aromatic rings. The lowest BCUT2D eigenvalue weighted by Gasteiger charge is -2.34. The van der Waals surface area contributed by atoms with Crippen LogP contribution in [0.4, 0.5) is 10.5 Å². The molecule has 2 aliphatic heterocycles. The summed E-state index contributed by atoms with van der Waals surface area (Å²) in [6.07, 6.45) is 5.53. The third-order valence-electron chi connectivity index (χ3n) is 5.50. The molecule has 1 aromatic carbocycles. The summed E-state index contributed by atoms with van der Waals surface area (Å²) in [5.41, 5.74) is 4.96. The normalized spacial score (nSPS) is 19.1. The van der Waals surface area contributed by atoms with Crippen molar-refractivity contribution in [2.45, 2.75) is 0 Å². The number of rotatable bonds is 3. The number of hydrogen-bond acceptors (Lipinski definition) is 6. The van der Waals surface area contributed by atoms with E-state index in [2.05, 4.69) is 51.4 Å². The van der Waals surface area contributed by atoms with Gasteiger partial charge in [-0.15, -0.1) is 0 Å². The molecule has 152 valence electrons. The summed E-state index contributed by atoms with van der Waals surface area (Å²) in [6.45, 7) is 4.24. The molecule has 2 aromatic heterocycles. The largest absolute Gasteiger partial charge is 0.369 e. The van der Waals surface area contributed by atoms with E-state index in [1.807, 2.05) is 28.9 Å². The molecule has 2 amide bonds. The number of carbonyl (C=O) groups is 2. The molecule has 0 atom stereocenters. The van der Waals surface area contributed by atoms with Gasteiger partial charge in [0.15, 0.2) is 0 Å². The monoisotopic (exact) mass is 419 g/mol. The van der Waals surface area contributed by atoms with E-state index in [4.69, 9.17) is 0 Å². The summed E-state index contributed by atoms with van der Waals surface area (Å²) in [6, 6.07) is 12.4. The summed E-state index contributed by atoms with van der Waals surface area (Å²) in [7, 11) is 2.16. The van der Waals surface area contributed by atoms with Crippen molar-refractivity contribution in [2.24, 2.45) is 0 Å². The first-order chi connectivity index (χ1) is 14.6. The number of fused-ring (bicyclic) bond motifs is 1. The standard InChI is InChI=1S/C22H21N5O2S/c1-25-8-10-26(11-9-25)17-5-3-16(4-6-17)18-13-23-20-7-2-15(14-27(18)20)12-19-21(28)24-22(29)30-19/h2-7,12-14H,8-11H2,1H3,(H,24,28,29)/b19-12-. The summed E-state index contributed by atoms with van der Waals surface area (Å²) in [5, 5.41) is 1.95. The molecule has 0 unspecified atom stereocenters. The molecule has 2 fully saturated rings. The van der Waals surface area contributed by atoms with Crippen LogP contribution < -0.4 is 10.2 Å². The number of pyridine rings is 1. The van der Waals surface area contributed by atoms with Crippen LogP contribution in [0.25, 0.3) is 23.0 Å². The summed E-state index contributed by atoms with van der Waals surface area (Å²) in [4.78, 5) is 32.9. The molecule has 0 bridgehead atoms. The van der Waals surface area contributed by atoms with Crippen LogP contribution in [0.15, 0.2) is 53.7 Å². The fourth-order valence-electron chi connectivity index (χ4n) is 3.78. The minimum absolute atomic E-state index is 0.337. The van der Waals surface area contributed by atoms with E-state index in [1.165, 1.54) is 5.69 Å². The number of carbonyl (C=O) groups excluding carboxylic acids is 2. The van der Waals surface area contributed by atoms with Gasteiger partial charge in [0.05, 0.1) is 16.8 Å². The Kier molecular flexibility index (Phi) is 4.80. The number of amides is 2. The highest BCUT2D eigenvalue weighted by atomic mass is 32.2. The number of hydrogen-bond donors (Lipinski definition) is 1. The van der Waals surface area contributed by atoms with Crippen LogP contribution >= 0.6 is 11.8 Å². The maximum Gasteiger partial charge on any atom is 0.290 e. The van der Waals surface area contributed by atoms with E-state index in [0.717, 1.165) is 60.4 Å². The molecule has 4 heterocycles. The molecular formula is C22H21N5O2S. The van der Waals surface area contributed by atoms with Crippen molar-refractivity contribution in [3.63, 3.8) is 0 Å². The fraction of sp³-hybridized carbons (Fsp3) is 0.227. The molecular weight excluding hydrogens is 398 g/mol. The maximum atomic E-state index is 11.8. The highest BCUT2D eigenvalue weighted by Crippen LogP contribution is 2.28. The molecule has 1 N–H and O–H groups in total. The molecule has 2 saturated heterocycles. The summed E-state index contributed by atoms with van der Waals surface area (Å²) < 4.78 is 2.01. The van der Waals surface area contributed by atoms with Gasteiger partial charge in [-0.1, -0.05) is 12.1 Å². The zero-order valence-corrected chi connectivity index (χ0v) is 17.4. The second-order valence-electron chi connectivity index (χ2n) is 7.52. The van der Waals surface area contributed by atoms with E-state index >= 15 is 0 Å². The number of benzene rings is 1. The molecule has 30 heavy (non-hydrogen) atoms. The van der Waals surface area contributed by atoms with Gasteiger partial charge in [0.1, 0.15) is 5.65 Å². The van der Waals surface area contributed by atoms with Crippen LogP contribution in [0.2, 0.25) is 0 Å². The van der Waals surface area contributed by atoms with Crippen molar-refractivity contribution < 1.29 is 9.59 Å². The number of piperazine rings is 1. The van der Waals surface area contributed by atoms with Crippen LogP contribution in [0.3, 0.4) is 0 Å². The molecule has 0 saturated carbocycles. The first kappa shape index (κ1) is 18.9. The van der Waals surface area contributed by atoms with Gasteiger partial charge >= 0.3 is 0 Å². The first-order valence-corrected chi connectivity index (χ1v) is 10.6. The lowest BCUT2D eigenvalue weighted by molar-refractivity contribution is -0.115. The first-order valence-electron chi connectivity index (χ1n) is 9.83. The molecule has 0 aliphatic carbocycles. The summed E-state index contributed by atoms with van der Waals surface area (Å²) in [5.74, 6) is -0.351. The van der Waals surface area contributed by atoms with Crippen molar-refractivity contribution >= 4 is 40.3 Å². The Labute approximate surface area is 178 Å². The minimum atomic E-state index is -0.351. The summed E-state index contributed by atoms with van der Waals surface area (Å²) >= 11 is 0.921. The Balaban J connectivity index is 1.44. The predicted molar refractivity (Wildman–Crippen MR) is 119 cm³/mol. The SMILES string of the molecule is CN1CCN(c2ccc(-c3cnc4ccc(/C=C5\SC(=O)NC5=O)cn34)cc2)CC1. The fourth-order valence-corrected chi connectivity index (χ4v) is 4.46. The molecule has 8 heteroatoms. The number of thioether (sulfide) groups is 1. The average molecular weight is 420 g/mol. The quantitative estimate of drug-likeness (QED) is 0.658. The van der Waals surface area contributed by atoms with Crippen LogP contribution in [0, 0.1) is 0 Å². The Hall–Kier alpha value is -3.10. The van der Waals surface area contributed by atoms with Crippen LogP contribution in [0.1, 0.15) is 5.56 Å². The molecule has 0 radical (unpaired) electrons. The van der Waals surface area contributed by atoms with Crippen LogP contribution in [-0.2, 0) is 4.79 Å². The van der Waals surface area contributed by atoms with Gasteiger partial charge in [-0.05, 0) is 54.7 Å². The second-order valence-corrected chi connectivity index (χ2v) is 8.54. The van der Waals surface area contributed by atoms with Gasteiger partial charge in [0, 0.05) is 43.6 Å². The number of aromatic nitrogens is 2. The molecule has 5 rings (SSSR count). The number of nitrogens with one attached hydrogen (secondary N) is 1. The highest BCUT2D eigenvalue weighted by Gasteiger charge is 2.25. The van der Waals surface area contributed by atoms with Crippen molar-refractivity contribution in [3.05, 3.63) is 59.3 Å². The minimum Gasteiger partial charge on any atom is -0.369 e. The second kappa shape index (κ2) is 7.62. The zero-order chi connectivity index (χ0) is 20.7. The molecule has 7 nitrogen and oxygen atoms in total. The van der Waals surface area contributed by atoms with E-state index < -0.39 is 0 Å². The van der Waals surface area contributed by atoms with Crippen molar-refractivity contribution in [3.8, 4) is 11.3 Å². The van der Waals surface area contributed by atoms with Crippen LogP contribution in [-0.4, -0.2) is 58.7 Å². The number of imidazole rings is 1. The van der Waals surface area contributed by atoms with Crippen molar-refractivity contribution in [1.29, 1.82) is 0 Å². The Morgan fingerprint density at radius 2 is 1.80 bits per heavy atom. The topological polar surface area (TPSA) is 69.9 Å². The third-order valence-corrected chi connectivity index (χ3v) is 6.31. The lowest BCUT2D eigenvalue weighted by Crippen LogP contribution is -2.44. The Morgan fingerprint density at radius 1 is 1.03 bits per heavy atom. The Bertz CT molecular complexity index is 1160. The van der Waals surface area contributed by atoms with Crippen molar-refractivity contribution in [1.82, 2.24) is 19.6 Å². The van der Waals surface area contributed by atoms with Gasteiger partial charge < -0.3 is 9.80 Å². The third kappa shape index (κ3) is 3.59. The van der Waals surface area contributed by atoms with Crippen LogP contribution in [0.5, 0.6) is 0 Å². The van der Waals surface area contributed by atoms with Gasteiger partial charge in [-0.2, -0.15) is 0 Å². The zero-order valence-electron chi connectivity index (χ0n) is 16.5. The van der Waals surface area contributed by atoms with E-state index in [-0.39, 0.29) is 11.1 Å². The van der Waals surface area contributed by atoms with E-state index in [0.29, 0.717) is 4.91 Å². The lowest BCUT2D eigenvalue weighted by atomic mass is 10.1. The number of imide groups is 1. The maximum absolute atomic E-state index is 11.8. The van der Waals surface area contributed by atoms with Gasteiger partial charge in [-0.25, -0.2) is 4.98 Å². The highest BCUT2D eigenvalue weighted by molar-refractivity contribution is 8.18. The molecule has 0 spiro atoms. The van der Waals surface area contributed by atoms with Gasteiger partial charge in [0.2, 0.25) is 0 Å². The van der Waals surface area contributed by atoms with E-state index in [9.17, 15) is 9.59 Å². The Morgan fingerprint density at radius 3 is 2.50 bits per heavy atom. The van der Waals surface area contributed by atoms with Gasteiger partial charge in [0.25, 0.3) is 11.1 Å². The number of likely N-dealkylation sites (N-methyl/N-ethyl adjacent to an activating group) is 1. The predicted octanol–water partition coefficient (Wildman–Crippen LogP) is 3.08. The molecule has 2 aliphatic rings. The van der Waals surface area contributed by atoms with E-state index in [1.54, 1.807) is 6.08 Å². The smallest absolute Gasteiger partial charge is 0.290 e. The van der Waals surface area contributed by atoms with Crippen molar-refractivity contribution in [2.75, 3.05) is 38.1 Å².